The highest BCUT2D eigenvalue weighted by Gasteiger charge is 2.04. The smallest absolute Gasteiger partial charge is 0.107 e. The first-order valence-electron chi connectivity index (χ1n) is 6.50. The van der Waals surface area contributed by atoms with Gasteiger partial charge < -0.3 is 5.32 Å². The lowest BCUT2D eigenvalue weighted by molar-refractivity contribution is 0.654. The van der Waals surface area contributed by atoms with Gasteiger partial charge in [-0.05, 0) is 6.07 Å². The summed E-state index contributed by atoms with van der Waals surface area (Å²) in [6, 6.07) is 12.3. The lowest BCUT2D eigenvalue weighted by atomic mass is 10.2. The second-order valence-corrected chi connectivity index (χ2v) is 5.52. The van der Waals surface area contributed by atoms with Crippen LogP contribution in [0, 0.1) is 0 Å². The van der Waals surface area contributed by atoms with E-state index in [1.165, 1.54) is 5.56 Å². The van der Waals surface area contributed by atoms with Crippen LogP contribution in [-0.2, 0) is 20.1 Å². The van der Waals surface area contributed by atoms with Crippen LogP contribution >= 0.6 is 11.3 Å². The Labute approximate surface area is 122 Å². The highest BCUT2D eigenvalue weighted by molar-refractivity contribution is 7.09. The SMILES string of the molecule is Cn1ccc(CNCc2nc(-c3ccccc3)cs2)n1. The number of nitrogens with zero attached hydrogens (tertiary/aromatic N) is 3. The van der Waals surface area contributed by atoms with Crippen molar-refractivity contribution in [2.75, 3.05) is 0 Å². The molecule has 0 amide bonds. The molecule has 1 aromatic carbocycles. The highest BCUT2D eigenvalue weighted by atomic mass is 32.1. The minimum absolute atomic E-state index is 0.765. The van der Waals surface area contributed by atoms with Gasteiger partial charge in [0.25, 0.3) is 0 Å². The fourth-order valence-electron chi connectivity index (χ4n) is 1.99. The van der Waals surface area contributed by atoms with Gasteiger partial charge in [0.15, 0.2) is 0 Å². The molecule has 0 unspecified atom stereocenters. The van der Waals surface area contributed by atoms with E-state index in [0.29, 0.717) is 0 Å². The van der Waals surface area contributed by atoms with Gasteiger partial charge >= 0.3 is 0 Å². The third-order valence-electron chi connectivity index (χ3n) is 2.97. The Morgan fingerprint density at radius 2 is 2.00 bits per heavy atom. The third-order valence-corrected chi connectivity index (χ3v) is 3.82. The topological polar surface area (TPSA) is 42.7 Å². The highest BCUT2D eigenvalue weighted by Crippen LogP contribution is 2.21. The summed E-state index contributed by atoms with van der Waals surface area (Å²) in [6.45, 7) is 1.54. The molecule has 0 aliphatic rings. The van der Waals surface area contributed by atoms with E-state index in [0.717, 1.165) is 29.5 Å². The standard InChI is InChI=1S/C15H16N4S/c1-19-8-7-13(18-19)9-16-10-15-17-14(11-20-15)12-5-3-2-4-6-12/h2-8,11,16H,9-10H2,1H3. The summed E-state index contributed by atoms with van der Waals surface area (Å²) in [5.74, 6) is 0. The first-order chi connectivity index (χ1) is 9.81. The number of benzene rings is 1. The Hall–Kier alpha value is -1.98. The van der Waals surface area contributed by atoms with Crippen LogP contribution < -0.4 is 5.32 Å². The monoisotopic (exact) mass is 284 g/mol. The van der Waals surface area contributed by atoms with Gasteiger partial charge in [0.05, 0.1) is 11.4 Å². The largest absolute Gasteiger partial charge is 0.305 e. The molecule has 0 spiro atoms. The van der Waals surface area contributed by atoms with Crippen LogP contribution in [0.15, 0.2) is 48.0 Å². The van der Waals surface area contributed by atoms with E-state index < -0.39 is 0 Å². The zero-order chi connectivity index (χ0) is 13.8. The third kappa shape index (κ3) is 3.12. The van der Waals surface area contributed by atoms with Crippen molar-refractivity contribution in [1.29, 1.82) is 0 Å². The maximum atomic E-state index is 4.65. The average Bonchev–Trinajstić information content (AvgIpc) is 3.09. The van der Waals surface area contributed by atoms with Crippen molar-refractivity contribution >= 4 is 11.3 Å². The quantitative estimate of drug-likeness (QED) is 0.783. The fourth-order valence-corrected chi connectivity index (χ4v) is 2.76. The molecule has 2 aromatic heterocycles. The molecule has 1 N–H and O–H groups in total. The lowest BCUT2D eigenvalue weighted by Gasteiger charge is -1.99. The fraction of sp³-hybridized carbons (Fsp3) is 0.200. The Bertz CT molecular complexity index is 672. The van der Waals surface area contributed by atoms with Crippen LogP contribution in [0.2, 0.25) is 0 Å². The van der Waals surface area contributed by atoms with Gasteiger partial charge in [-0.1, -0.05) is 30.3 Å². The van der Waals surface area contributed by atoms with Crippen LogP contribution in [0.4, 0.5) is 0 Å². The van der Waals surface area contributed by atoms with E-state index in [9.17, 15) is 0 Å². The summed E-state index contributed by atoms with van der Waals surface area (Å²) in [5.41, 5.74) is 3.26. The molecule has 0 atom stereocenters. The first kappa shape index (κ1) is 13.0. The van der Waals surface area contributed by atoms with Crippen molar-refractivity contribution in [3.05, 3.63) is 58.7 Å². The van der Waals surface area contributed by atoms with Crippen molar-refractivity contribution < 1.29 is 0 Å². The van der Waals surface area contributed by atoms with Crippen LogP contribution in [-0.4, -0.2) is 14.8 Å². The predicted octanol–water partition coefficient (Wildman–Crippen LogP) is 2.83. The van der Waals surface area contributed by atoms with E-state index in [2.05, 4.69) is 32.9 Å². The lowest BCUT2D eigenvalue weighted by Crippen LogP contribution is -2.13. The summed E-state index contributed by atoms with van der Waals surface area (Å²) >= 11 is 1.69. The zero-order valence-corrected chi connectivity index (χ0v) is 12.1. The number of nitrogens with one attached hydrogen (secondary N) is 1. The summed E-state index contributed by atoms with van der Waals surface area (Å²) in [7, 11) is 1.93. The summed E-state index contributed by atoms with van der Waals surface area (Å²) in [4.78, 5) is 4.65. The minimum atomic E-state index is 0.765. The maximum Gasteiger partial charge on any atom is 0.107 e. The number of hydrogen-bond donors (Lipinski definition) is 1. The zero-order valence-electron chi connectivity index (χ0n) is 11.3. The Morgan fingerprint density at radius 3 is 2.75 bits per heavy atom. The minimum Gasteiger partial charge on any atom is -0.305 e. The van der Waals surface area contributed by atoms with E-state index in [1.807, 2.05) is 42.2 Å². The van der Waals surface area contributed by atoms with E-state index in [-0.39, 0.29) is 0 Å². The van der Waals surface area contributed by atoms with Crippen LogP contribution in [0.5, 0.6) is 0 Å². The normalized spacial score (nSPS) is 10.8. The van der Waals surface area contributed by atoms with Gasteiger partial charge in [0.2, 0.25) is 0 Å². The molecule has 0 saturated carbocycles. The molecule has 4 nitrogen and oxygen atoms in total. The number of aromatic nitrogens is 3. The van der Waals surface area contributed by atoms with Crippen molar-refractivity contribution in [3.63, 3.8) is 0 Å². The number of aryl methyl sites for hydroxylation is 1. The Morgan fingerprint density at radius 1 is 1.15 bits per heavy atom. The van der Waals surface area contributed by atoms with Gasteiger partial charge in [-0.2, -0.15) is 5.10 Å². The Balaban J connectivity index is 1.58. The molecule has 5 heteroatoms. The van der Waals surface area contributed by atoms with Gasteiger partial charge in [-0.3, -0.25) is 4.68 Å². The molecule has 3 aromatic rings. The van der Waals surface area contributed by atoms with Crippen molar-refractivity contribution in [1.82, 2.24) is 20.1 Å². The van der Waals surface area contributed by atoms with Gasteiger partial charge in [0, 0.05) is 37.3 Å². The summed E-state index contributed by atoms with van der Waals surface area (Å²) in [6.07, 6.45) is 1.95. The Kier molecular flexibility index (Phi) is 3.90. The number of thiazole rings is 1. The molecule has 0 aliphatic carbocycles. The van der Waals surface area contributed by atoms with Crippen molar-refractivity contribution in [2.24, 2.45) is 7.05 Å². The van der Waals surface area contributed by atoms with Gasteiger partial charge in [0.1, 0.15) is 5.01 Å². The molecule has 0 bridgehead atoms. The maximum absolute atomic E-state index is 4.65. The first-order valence-corrected chi connectivity index (χ1v) is 7.38. The van der Waals surface area contributed by atoms with E-state index in [4.69, 9.17) is 0 Å². The van der Waals surface area contributed by atoms with Crippen LogP contribution in [0.25, 0.3) is 11.3 Å². The second-order valence-electron chi connectivity index (χ2n) is 4.58. The number of rotatable bonds is 5. The summed E-state index contributed by atoms with van der Waals surface area (Å²) < 4.78 is 1.81. The van der Waals surface area contributed by atoms with Crippen LogP contribution in [0.3, 0.4) is 0 Å². The molecular weight excluding hydrogens is 268 g/mol. The number of hydrogen-bond acceptors (Lipinski definition) is 4. The molecule has 0 saturated heterocycles. The van der Waals surface area contributed by atoms with Gasteiger partial charge in [-0.15, -0.1) is 11.3 Å². The average molecular weight is 284 g/mol. The molecule has 3 rings (SSSR count). The molecule has 102 valence electrons. The summed E-state index contributed by atoms with van der Waals surface area (Å²) in [5, 5.41) is 10.9. The van der Waals surface area contributed by atoms with Gasteiger partial charge in [-0.25, -0.2) is 4.98 Å². The molecule has 20 heavy (non-hydrogen) atoms. The second kappa shape index (κ2) is 5.98. The van der Waals surface area contributed by atoms with Crippen molar-refractivity contribution in [2.45, 2.75) is 13.1 Å². The van der Waals surface area contributed by atoms with E-state index in [1.54, 1.807) is 11.3 Å². The van der Waals surface area contributed by atoms with Crippen LogP contribution in [0.1, 0.15) is 10.7 Å². The van der Waals surface area contributed by atoms with E-state index >= 15 is 0 Å². The predicted molar refractivity (Wildman–Crippen MR) is 81.3 cm³/mol. The molecule has 0 radical (unpaired) electrons. The molecule has 0 fully saturated rings. The molecule has 0 aliphatic heterocycles. The molecular formula is C15H16N4S. The van der Waals surface area contributed by atoms with Crippen molar-refractivity contribution in [3.8, 4) is 11.3 Å². The molecule has 2 heterocycles.